The molecule has 0 spiro atoms. The maximum Gasteiger partial charge on any atom is 0.244 e. The zero-order valence-electron chi connectivity index (χ0n) is 21.8. The van der Waals surface area contributed by atoms with Crippen LogP contribution in [0.15, 0.2) is 64.9 Å². The lowest BCUT2D eigenvalue weighted by atomic mass is 9.92. The Balaban J connectivity index is 1.66. The molecule has 0 saturated carbocycles. The third kappa shape index (κ3) is 5.79. The summed E-state index contributed by atoms with van der Waals surface area (Å²) < 4.78 is 28.8. The molecule has 1 atom stereocenters. The first-order chi connectivity index (χ1) is 17.4. The van der Waals surface area contributed by atoms with Gasteiger partial charge >= 0.3 is 0 Å². The van der Waals surface area contributed by atoms with Crippen molar-refractivity contribution in [2.75, 3.05) is 18.4 Å². The molecule has 3 aromatic rings. The summed E-state index contributed by atoms with van der Waals surface area (Å²) in [6.07, 6.45) is 0.744. The Morgan fingerprint density at radius 1 is 1.05 bits per heavy atom. The molecule has 0 bridgehead atoms. The summed E-state index contributed by atoms with van der Waals surface area (Å²) in [6.45, 7) is 9.02. The molecule has 0 aliphatic carbocycles. The predicted molar refractivity (Wildman–Crippen MR) is 147 cm³/mol. The number of hydrogen-bond acceptors (Lipinski definition) is 5. The first-order valence-electron chi connectivity index (χ1n) is 12.2. The number of carbonyl (C=O) groups excluding carboxylic acids is 2. The van der Waals surface area contributed by atoms with Gasteiger partial charge in [0.2, 0.25) is 21.8 Å². The minimum atomic E-state index is -4.00. The SMILES string of the molecule is CC(=O)Nc1ccc(S(=O)(=O)N(CC(=O)N2CCc3sccc3C2c2ccc(C)cc2)C(C)(C)C)cc1. The molecular formula is C28H33N3O4S2. The molecule has 2 aromatic carbocycles. The molecule has 196 valence electrons. The van der Waals surface area contributed by atoms with Gasteiger partial charge in [-0.1, -0.05) is 29.8 Å². The van der Waals surface area contributed by atoms with E-state index in [1.165, 1.54) is 28.2 Å². The van der Waals surface area contributed by atoms with Crippen LogP contribution in [0.4, 0.5) is 5.69 Å². The molecule has 1 aromatic heterocycles. The Morgan fingerprint density at radius 2 is 1.70 bits per heavy atom. The van der Waals surface area contributed by atoms with Crippen molar-refractivity contribution in [3.05, 3.63) is 81.5 Å². The van der Waals surface area contributed by atoms with Crippen molar-refractivity contribution in [1.29, 1.82) is 0 Å². The summed E-state index contributed by atoms with van der Waals surface area (Å²) in [6, 6.07) is 16.0. The highest BCUT2D eigenvalue weighted by Gasteiger charge is 2.39. The summed E-state index contributed by atoms with van der Waals surface area (Å²) in [4.78, 5) is 28.3. The van der Waals surface area contributed by atoms with Gasteiger partial charge in [0.1, 0.15) is 0 Å². The molecule has 0 radical (unpaired) electrons. The van der Waals surface area contributed by atoms with Crippen LogP contribution in [0.2, 0.25) is 0 Å². The van der Waals surface area contributed by atoms with Crippen molar-refractivity contribution >= 4 is 38.9 Å². The third-order valence-electron chi connectivity index (χ3n) is 6.47. The van der Waals surface area contributed by atoms with Crippen molar-refractivity contribution in [2.45, 2.75) is 57.5 Å². The maximum atomic E-state index is 13.9. The van der Waals surface area contributed by atoms with Crippen LogP contribution >= 0.6 is 11.3 Å². The lowest BCUT2D eigenvalue weighted by molar-refractivity contribution is -0.134. The van der Waals surface area contributed by atoms with E-state index < -0.39 is 15.6 Å². The van der Waals surface area contributed by atoms with Gasteiger partial charge in [-0.05, 0) is 81.0 Å². The zero-order valence-corrected chi connectivity index (χ0v) is 23.4. The molecule has 37 heavy (non-hydrogen) atoms. The fraction of sp³-hybridized carbons (Fsp3) is 0.357. The number of benzene rings is 2. The van der Waals surface area contributed by atoms with Crippen LogP contribution in [0.1, 0.15) is 55.3 Å². The summed E-state index contributed by atoms with van der Waals surface area (Å²) in [5, 5.41) is 4.69. The van der Waals surface area contributed by atoms with E-state index in [0.717, 1.165) is 23.1 Å². The van der Waals surface area contributed by atoms with Gasteiger partial charge in [-0.15, -0.1) is 11.3 Å². The van der Waals surface area contributed by atoms with Crippen LogP contribution in [0.25, 0.3) is 0 Å². The first-order valence-corrected chi connectivity index (χ1v) is 14.5. The summed E-state index contributed by atoms with van der Waals surface area (Å²) >= 11 is 1.69. The highest BCUT2D eigenvalue weighted by atomic mass is 32.2. The quantitative estimate of drug-likeness (QED) is 0.479. The Hall–Kier alpha value is -3.01. The smallest absolute Gasteiger partial charge is 0.244 e. The van der Waals surface area contributed by atoms with Gasteiger partial charge in [0.15, 0.2) is 0 Å². The van der Waals surface area contributed by atoms with E-state index in [0.29, 0.717) is 12.2 Å². The molecule has 1 unspecified atom stereocenters. The molecule has 9 heteroatoms. The van der Waals surface area contributed by atoms with Gasteiger partial charge in [0, 0.05) is 29.6 Å². The maximum absolute atomic E-state index is 13.9. The highest BCUT2D eigenvalue weighted by Crippen LogP contribution is 2.38. The number of nitrogens with one attached hydrogen (secondary N) is 1. The number of thiophene rings is 1. The fourth-order valence-corrected chi connectivity index (χ4v) is 7.27. The van der Waals surface area contributed by atoms with E-state index >= 15 is 0 Å². The van der Waals surface area contributed by atoms with E-state index in [9.17, 15) is 18.0 Å². The Bertz CT molecular complexity index is 1390. The minimum Gasteiger partial charge on any atom is -0.330 e. The van der Waals surface area contributed by atoms with Crippen molar-refractivity contribution in [2.24, 2.45) is 0 Å². The van der Waals surface area contributed by atoms with E-state index in [1.807, 2.05) is 36.1 Å². The van der Waals surface area contributed by atoms with Crippen LogP contribution in [0.5, 0.6) is 0 Å². The van der Waals surface area contributed by atoms with Gasteiger partial charge in [-0.2, -0.15) is 4.31 Å². The number of hydrogen-bond donors (Lipinski definition) is 1. The second-order valence-electron chi connectivity index (χ2n) is 10.3. The molecule has 2 heterocycles. The third-order valence-corrected chi connectivity index (χ3v) is 9.59. The Morgan fingerprint density at radius 3 is 2.30 bits per heavy atom. The Kier molecular flexibility index (Phi) is 7.60. The van der Waals surface area contributed by atoms with E-state index in [-0.39, 0.29) is 29.3 Å². The fourth-order valence-electron chi connectivity index (χ4n) is 4.63. The number of amides is 2. The van der Waals surface area contributed by atoms with Crippen molar-refractivity contribution < 1.29 is 18.0 Å². The lowest BCUT2D eigenvalue weighted by Crippen LogP contribution is -2.52. The molecule has 1 N–H and O–H groups in total. The first kappa shape index (κ1) is 27.0. The molecule has 0 saturated heterocycles. The Labute approximate surface area is 223 Å². The molecule has 7 nitrogen and oxygen atoms in total. The van der Waals surface area contributed by atoms with Crippen molar-refractivity contribution in [3.8, 4) is 0 Å². The van der Waals surface area contributed by atoms with Gasteiger partial charge in [-0.25, -0.2) is 8.42 Å². The average Bonchev–Trinajstić information content (AvgIpc) is 3.30. The van der Waals surface area contributed by atoms with Gasteiger partial charge < -0.3 is 10.2 Å². The number of fused-ring (bicyclic) bond motifs is 1. The predicted octanol–water partition coefficient (Wildman–Crippen LogP) is 4.98. The zero-order chi connectivity index (χ0) is 27.0. The minimum absolute atomic E-state index is 0.0678. The van der Waals surface area contributed by atoms with Crippen molar-refractivity contribution in [3.63, 3.8) is 0 Å². The van der Waals surface area contributed by atoms with Crippen LogP contribution in [-0.4, -0.2) is 48.1 Å². The molecule has 1 aliphatic heterocycles. The van der Waals surface area contributed by atoms with Gasteiger partial charge in [0.25, 0.3) is 0 Å². The van der Waals surface area contributed by atoms with Crippen molar-refractivity contribution in [1.82, 2.24) is 9.21 Å². The second-order valence-corrected chi connectivity index (χ2v) is 13.2. The number of sulfonamides is 1. The standard InChI is InChI=1S/C28H33N3O4S2/c1-19-6-8-21(9-7-19)27-24-15-17-36-25(24)14-16-30(27)26(33)18-31(28(3,4)5)37(34,35)23-12-10-22(11-13-23)29-20(2)32/h6-13,15,17,27H,14,16,18H2,1-5H3,(H,29,32). The highest BCUT2D eigenvalue weighted by molar-refractivity contribution is 7.89. The van der Waals surface area contributed by atoms with E-state index in [4.69, 9.17) is 0 Å². The summed E-state index contributed by atoms with van der Waals surface area (Å²) in [5.41, 5.74) is 2.92. The number of aryl methyl sites for hydroxylation is 1. The molecule has 1 aliphatic rings. The number of carbonyl (C=O) groups is 2. The van der Waals surface area contributed by atoms with Crippen LogP contribution < -0.4 is 5.32 Å². The molecular weight excluding hydrogens is 506 g/mol. The number of nitrogens with zero attached hydrogens (tertiary/aromatic N) is 2. The van der Waals surface area contributed by atoms with E-state index in [2.05, 4.69) is 16.8 Å². The van der Waals surface area contributed by atoms with Crippen LogP contribution in [-0.2, 0) is 26.0 Å². The topological polar surface area (TPSA) is 86.8 Å². The second kappa shape index (κ2) is 10.4. The monoisotopic (exact) mass is 539 g/mol. The number of rotatable bonds is 6. The molecule has 4 rings (SSSR count). The lowest BCUT2D eigenvalue weighted by Gasteiger charge is -2.40. The van der Waals surface area contributed by atoms with E-state index in [1.54, 1.807) is 44.2 Å². The van der Waals surface area contributed by atoms with Crippen LogP contribution in [0.3, 0.4) is 0 Å². The summed E-state index contributed by atoms with van der Waals surface area (Å²) in [5.74, 6) is -0.480. The number of anilines is 1. The molecule has 2 amide bonds. The van der Waals surface area contributed by atoms with Crippen LogP contribution in [0, 0.1) is 6.92 Å². The average molecular weight is 540 g/mol. The normalized spacial score (nSPS) is 15.9. The molecule has 0 fully saturated rings. The van der Waals surface area contributed by atoms with Gasteiger partial charge in [-0.3, -0.25) is 9.59 Å². The van der Waals surface area contributed by atoms with Gasteiger partial charge in [0.05, 0.1) is 17.5 Å². The summed E-state index contributed by atoms with van der Waals surface area (Å²) in [7, 11) is -4.00. The largest absolute Gasteiger partial charge is 0.330 e.